The third-order valence-corrected chi connectivity index (χ3v) is 5.21. The molecule has 0 aliphatic carbocycles. The Balaban J connectivity index is 1.62. The van der Waals surface area contributed by atoms with Crippen LogP contribution < -0.4 is 10.4 Å². The second-order valence-corrected chi connectivity index (χ2v) is 7.79. The van der Waals surface area contributed by atoms with Crippen LogP contribution >= 0.6 is 34.5 Å². The molecule has 4 nitrogen and oxygen atoms in total. The van der Waals surface area contributed by atoms with Gasteiger partial charge in [-0.05, 0) is 42.5 Å². The molecule has 0 aliphatic rings. The summed E-state index contributed by atoms with van der Waals surface area (Å²) in [6, 6.07) is 18.1. The Kier molecular flexibility index (Phi) is 6.04. The third-order valence-electron chi connectivity index (χ3n) is 3.68. The second kappa shape index (κ2) is 8.45. The summed E-state index contributed by atoms with van der Waals surface area (Å²) in [7, 11) is 1.97. The van der Waals surface area contributed by atoms with Gasteiger partial charge in [-0.1, -0.05) is 41.4 Å². The summed E-state index contributed by atoms with van der Waals surface area (Å²) in [5.74, 6) is -0.475. The predicted octanol–water partition coefficient (Wildman–Crippen LogP) is 5.88. The van der Waals surface area contributed by atoms with Gasteiger partial charge in [0.25, 0.3) is 0 Å². The molecule has 0 aliphatic heterocycles. The third kappa shape index (κ3) is 4.69. The van der Waals surface area contributed by atoms with Crippen LogP contribution in [0.3, 0.4) is 0 Å². The van der Waals surface area contributed by atoms with Gasteiger partial charge in [-0.2, -0.15) is 0 Å². The first kappa shape index (κ1) is 18.6. The maximum Gasteiger partial charge on any atom is 0.362 e. The number of hydrogen-bond acceptors (Lipinski definition) is 5. The van der Waals surface area contributed by atoms with E-state index in [1.54, 1.807) is 41.7 Å². The highest BCUT2D eigenvalue weighted by atomic mass is 35.5. The van der Waals surface area contributed by atoms with Crippen molar-refractivity contribution < 1.29 is 9.63 Å². The number of hydrogen-bond donors (Lipinski definition) is 1. The van der Waals surface area contributed by atoms with E-state index in [9.17, 15) is 4.79 Å². The number of anilines is 2. The molecule has 7 heteroatoms. The number of carbonyl (C=O) groups is 1. The molecule has 0 atom stereocenters. The molecule has 3 rings (SSSR count). The lowest BCUT2D eigenvalue weighted by molar-refractivity contribution is 0.0596. The molecular formula is C19H16Cl2N2O2S. The van der Waals surface area contributed by atoms with Crippen molar-refractivity contribution in [1.82, 2.24) is 0 Å². The van der Waals surface area contributed by atoms with Crippen molar-refractivity contribution in [2.75, 3.05) is 17.4 Å². The van der Waals surface area contributed by atoms with Crippen molar-refractivity contribution in [2.24, 2.45) is 0 Å². The molecule has 0 amide bonds. The Bertz CT molecular complexity index is 900. The minimum Gasteiger partial charge on any atom is -0.369 e. The zero-order valence-corrected chi connectivity index (χ0v) is 16.2. The van der Waals surface area contributed by atoms with Gasteiger partial charge in [-0.25, -0.2) is 10.3 Å². The van der Waals surface area contributed by atoms with Crippen molar-refractivity contribution in [3.8, 4) is 0 Å². The molecule has 0 fully saturated rings. The number of nitrogens with zero attached hydrogens (tertiary/aromatic N) is 1. The number of benzene rings is 2. The number of carbonyl (C=O) groups excluding carboxylic acids is 1. The van der Waals surface area contributed by atoms with Crippen LogP contribution in [-0.4, -0.2) is 13.0 Å². The summed E-state index contributed by atoms with van der Waals surface area (Å²) in [5, 5.41) is 0.458. The lowest BCUT2D eigenvalue weighted by Crippen LogP contribution is -2.16. The van der Waals surface area contributed by atoms with E-state index in [1.807, 2.05) is 37.4 Å². The molecule has 1 N–H and O–H groups in total. The molecule has 0 unspecified atom stereocenters. The molecule has 1 heterocycles. The average Bonchev–Trinajstić information content (AvgIpc) is 3.05. The maximum atomic E-state index is 12.0. The van der Waals surface area contributed by atoms with E-state index < -0.39 is 5.97 Å². The van der Waals surface area contributed by atoms with Crippen LogP contribution in [0.1, 0.15) is 15.2 Å². The van der Waals surface area contributed by atoms with E-state index in [0.717, 1.165) is 21.4 Å². The van der Waals surface area contributed by atoms with Gasteiger partial charge < -0.3 is 9.74 Å². The summed E-state index contributed by atoms with van der Waals surface area (Å²) >= 11 is 13.8. The summed E-state index contributed by atoms with van der Waals surface area (Å²) in [5.41, 5.74) is 4.54. The highest BCUT2D eigenvalue weighted by molar-refractivity contribution is 7.16. The minimum atomic E-state index is -0.475. The zero-order valence-electron chi connectivity index (χ0n) is 13.9. The first-order valence-electron chi connectivity index (χ1n) is 7.80. The van der Waals surface area contributed by atoms with Crippen molar-refractivity contribution in [3.63, 3.8) is 0 Å². The van der Waals surface area contributed by atoms with Crippen molar-refractivity contribution in [1.29, 1.82) is 0 Å². The van der Waals surface area contributed by atoms with Crippen LogP contribution in [-0.2, 0) is 11.4 Å². The lowest BCUT2D eigenvalue weighted by Gasteiger charge is -2.19. The van der Waals surface area contributed by atoms with E-state index in [1.165, 1.54) is 0 Å². The van der Waals surface area contributed by atoms with Crippen LogP contribution in [0.25, 0.3) is 0 Å². The summed E-state index contributed by atoms with van der Waals surface area (Å²) in [4.78, 5) is 20.3. The van der Waals surface area contributed by atoms with Gasteiger partial charge >= 0.3 is 5.97 Å². The Morgan fingerprint density at radius 3 is 2.54 bits per heavy atom. The largest absolute Gasteiger partial charge is 0.369 e. The van der Waals surface area contributed by atoms with Crippen LogP contribution in [0.5, 0.6) is 0 Å². The van der Waals surface area contributed by atoms with Gasteiger partial charge in [0, 0.05) is 17.6 Å². The predicted molar refractivity (Wildman–Crippen MR) is 108 cm³/mol. The second-order valence-electron chi connectivity index (χ2n) is 5.58. The number of thiophene rings is 1. The molecule has 0 saturated heterocycles. The quantitative estimate of drug-likeness (QED) is 0.519. The Morgan fingerprint density at radius 1 is 1.12 bits per heavy atom. The fraction of sp³-hybridized carbons (Fsp3) is 0.105. The van der Waals surface area contributed by atoms with Crippen molar-refractivity contribution in [2.45, 2.75) is 6.54 Å². The number of rotatable bonds is 6. The Hall–Kier alpha value is -2.21. The molecule has 134 valence electrons. The van der Waals surface area contributed by atoms with Crippen LogP contribution in [0.15, 0.2) is 60.7 Å². The normalized spacial score (nSPS) is 10.4. The molecule has 0 spiro atoms. The highest BCUT2D eigenvalue weighted by Gasteiger charge is 2.10. The van der Waals surface area contributed by atoms with Gasteiger partial charge in [0.1, 0.15) is 0 Å². The van der Waals surface area contributed by atoms with Gasteiger partial charge in [0.15, 0.2) is 0 Å². The standard InChI is InChI=1S/C19H16Cl2N2O2S/c1-23(12-15-8-10-18(21)26-15)14-7-9-17(16(20)11-14)22-25-19(24)13-5-3-2-4-6-13/h2-11,22H,12H2,1H3. The fourth-order valence-corrected chi connectivity index (χ4v) is 3.67. The topological polar surface area (TPSA) is 41.6 Å². The number of nitrogens with one attached hydrogen (secondary N) is 1. The smallest absolute Gasteiger partial charge is 0.362 e. The first-order chi connectivity index (χ1) is 12.5. The minimum absolute atomic E-state index is 0.458. The monoisotopic (exact) mass is 406 g/mol. The van der Waals surface area contributed by atoms with Crippen molar-refractivity contribution in [3.05, 3.63) is 80.5 Å². The lowest BCUT2D eigenvalue weighted by atomic mass is 10.2. The zero-order chi connectivity index (χ0) is 18.5. The molecule has 0 radical (unpaired) electrons. The van der Waals surface area contributed by atoms with Crippen LogP contribution in [0.4, 0.5) is 11.4 Å². The molecule has 2 aromatic carbocycles. The molecule has 26 heavy (non-hydrogen) atoms. The SMILES string of the molecule is CN(Cc1ccc(Cl)s1)c1ccc(NOC(=O)c2ccccc2)c(Cl)c1. The molecule has 1 aromatic heterocycles. The molecule has 3 aromatic rings. The number of halogens is 2. The fourth-order valence-electron chi connectivity index (χ4n) is 2.32. The molecular weight excluding hydrogens is 391 g/mol. The maximum absolute atomic E-state index is 12.0. The van der Waals surface area contributed by atoms with E-state index in [4.69, 9.17) is 28.0 Å². The summed E-state index contributed by atoms with van der Waals surface area (Å²) in [6.45, 7) is 0.726. The molecule has 0 bridgehead atoms. The van der Waals surface area contributed by atoms with Gasteiger partial charge in [-0.3, -0.25) is 0 Å². The van der Waals surface area contributed by atoms with E-state index >= 15 is 0 Å². The summed E-state index contributed by atoms with van der Waals surface area (Å²) in [6.07, 6.45) is 0. The van der Waals surface area contributed by atoms with E-state index in [2.05, 4.69) is 10.4 Å². The Morgan fingerprint density at radius 2 is 1.88 bits per heavy atom. The molecule has 0 saturated carbocycles. The summed E-state index contributed by atoms with van der Waals surface area (Å²) < 4.78 is 0.770. The van der Waals surface area contributed by atoms with Gasteiger partial charge in [0.2, 0.25) is 0 Å². The average molecular weight is 407 g/mol. The van der Waals surface area contributed by atoms with E-state index in [0.29, 0.717) is 16.3 Å². The van der Waals surface area contributed by atoms with Crippen LogP contribution in [0.2, 0.25) is 9.36 Å². The van der Waals surface area contributed by atoms with Gasteiger partial charge in [0.05, 0.1) is 27.2 Å². The van der Waals surface area contributed by atoms with Crippen LogP contribution in [0, 0.1) is 0 Å². The van der Waals surface area contributed by atoms with Gasteiger partial charge in [-0.15, -0.1) is 11.3 Å². The first-order valence-corrected chi connectivity index (χ1v) is 9.37. The van der Waals surface area contributed by atoms with E-state index in [-0.39, 0.29) is 0 Å². The van der Waals surface area contributed by atoms with Crippen molar-refractivity contribution >= 4 is 51.9 Å². The highest BCUT2D eigenvalue weighted by Crippen LogP contribution is 2.29. The Labute approximate surface area is 165 Å².